The number of amides is 2. The number of piperazine rings is 1. The highest BCUT2D eigenvalue weighted by molar-refractivity contribution is 5.94. The standard InChI is InChI=1S/C19H26N2O3/c1-19(8-3-4-9-19)18(23)21-12-10-20(11-13-21)17(22)15-6-5-7-16(14-15)24-2/h5-7,14H,3-4,8-13H2,1-2H3. The fourth-order valence-electron chi connectivity index (χ4n) is 3.80. The predicted molar refractivity (Wildman–Crippen MR) is 92.1 cm³/mol. The van der Waals surface area contributed by atoms with Crippen molar-refractivity contribution in [2.24, 2.45) is 5.41 Å². The molecule has 2 aliphatic rings. The molecule has 2 amide bonds. The van der Waals surface area contributed by atoms with Gasteiger partial charge in [-0.15, -0.1) is 0 Å². The van der Waals surface area contributed by atoms with E-state index in [0.717, 1.165) is 25.7 Å². The van der Waals surface area contributed by atoms with Gasteiger partial charge in [-0.2, -0.15) is 0 Å². The molecule has 3 rings (SSSR count). The van der Waals surface area contributed by atoms with Crippen molar-refractivity contribution in [3.05, 3.63) is 29.8 Å². The Morgan fingerprint density at radius 3 is 2.29 bits per heavy atom. The van der Waals surface area contributed by atoms with Crippen LogP contribution in [-0.4, -0.2) is 54.9 Å². The van der Waals surface area contributed by atoms with Gasteiger partial charge in [0.05, 0.1) is 7.11 Å². The van der Waals surface area contributed by atoms with Gasteiger partial charge in [-0.1, -0.05) is 25.8 Å². The monoisotopic (exact) mass is 330 g/mol. The predicted octanol–water partition coefficient (Wildman–Crippen LogP) is 2.56. The molecule has 1 saturated heterocycles. The Kier molecular flexibility index (Phi) is 4.78. The second-order valence-electron chi connectivity index (χ2n) is 7.08. The molecule has 24 heavy (non-hydrogen) atoms. The second kappa shape index (κ2) is 6.83. The number of rotatable bonds is 3. The number of hydrogen-bond donors (Lipinski definition) is 0. The third-order valence-corrected chi connectivity index (χ3v) is 5.39. The van der Waals surface area contributed by atoms with Gasteiger partial charge >= 0.3 is 0 Å². The first kappa shape index (κ1) is 16.8. The molecular weight excluding hydrogens is 304 g/mol. The van der Waals surface area contributed by atoms with Crippen molar-refractivity contribution < 1.29 is 14.3 Å². The summed E-state index contributed by atoms with van der Waals surface area (Å²) in [6, 6.07) is 7.23. The van der Waals surface area contributed by atoms with E-state index >= 15 is 0 Å². The van der Waals surface area contributed by atoms with Crippen molar-refractivity contribution in [1.29, 1.82) is 0 Å². The van der Waals surface area contributed by atoms with Crippen molar-refractivity contribution in [1.82, 2.24) is 9.80 Å². The fourth-order valence-corrected chi connectivity index (χ4v) is 3.80. The van der Waals surface area contributed by atoms with E-state index in [1.54, 1.807) is 13.2 Å². The van der Waals surface area contributed by atoms with E-state index in [2.05, 4.69) is 6.92 Å². The summed E-state index contributed by atoms with van der Waals surface area (Å²) >= 11 is 0. The maximum atomic E-state index is 12.8. The Morgan fingerprint density at radius 1 is 1.04 bits per heavy atom. The summed E-state index contributed by atoms with van der Waals surface area (Å²) < 4.78 is 5.19. The zero-order valence-corrected chi connectivity index (χ0v) is 14.6. The molecule has 1 saturated carbocycles. The van der Waals surface area contributed by atoms with Crippen LogP contribution >= 0.6 is 0 Å². The molecule has 1 aliphatic carbocycles. The molecule has 1 aromatic carbocycles. The molecule has 5 nitrogen and oxygen atoms in total. The van der Waals surface area contributed by atoms with Crippen LogP contribution in [0.2, 0.25) is 0 Å². The quantitative estimate of drug-likeness (QED) is 0.856. The summed E-state index contributed by atoms with van der Waals surface area (Å²) in [6.45, 7) is 4.54. The minimum atomic E-state index is -0.182. The summed E-state index contributed by atoms with van der Waals surface area (Å²) in [4.78, 5) is 29.2. The van der Waals surface area contributed by atoms with E-state index in [1.165, 1.54) is 0 Å². The van der Waals surface area contributed by atoms with Gasteiger partial charge in [0.25, 0.3) is 5.91 Å². The van der Waals surface area contributed by atoms with E-state index in [4.69, 9.17) is 4.74 Å². The molecule has 2 fully saturated rings. The molecule has 0 bridgehead atoms. The van der Waals surface area contributed by atoms with E-state index in [-0.39, 0.29) is 17.2 Å². The van der Waals surface area contributed by atoms with Crippen LogP contribution in [0.4, 0.5) is 0 Å². The molecule has 1 heterocycles. The lowest BCUT2D eigenvalue weighted by atomic mass is 9.87. The van der Waals surface area contributed by atoms with Gasteiger partial charge in [0, 0.05) is 37.2 Å². The van der Waals surface area contributed by atoms with Crippen molar-refractivity contribution in [3.8, 4) is 5.75 Å². The molecule has 0 N–H and O–H groups in total. The molecule has 0 radical (unpaired) electrons. The number of nitrogens with zero attached hydrogens (tertiary/aromatic N) is 2. The highest BCUT2D eigenvalue weighted by Gasteiger charge is 2.40. The summed E-state index contributed by atoms with van der Waals surface area (Å²) in [5.74, 6) is 0.963. The molecule has 1 aromatic rings. The second-order valence-corrected chi connectivity index (χ2v) is 7.08. The smallest absolute Gasteiger partial charge is 0.254 e. The van der Waals surface area contributed by atoms with Gasteiger partial charge in [0.1, 0.15) is 5.75 Å². The average molecular weight is 330 g/mol. The van der Waals surface area contributed by atoms with E-state index in [0.29, 0.717) is 37.5 Å². The number of carbonyl (C=O) groups is 2. The van der Waals surface area contributed by atoms with E-state index < -0.39 is 0 Å². The molecular formula is C19H26N2O3. The maximum Gasteiger partial charge on any atom is 0.254 e. The van der Waals surface area contributed by atoms with E-state index in [9.17, 15) is 9.59 Å². The summed E-state index contributed by atoms with van der Waals surface area (Å²) in [6.07, 6.45) is 4.29. The van der Waals surface area contributed by atoms with Crippen molar-refractivity contribution in [2.75, 3.05) is 33.3 Å². The number of methoxy groups -OCH3 is 1. The van der Waals surface area contributed by atoms with Crippen LogP contribution in [0.3, 0.4) is 0 Å². The van der Waals surface area contributed by atoms with Crippen molar-refractivity contribution in [2.45, 2.75) is 32.6 Å². The molecule has 1 aliphatic heterocycles. The maximum absolute atomic E-state index is 12.8. The highest BCUT2D eigenvalue weighted by Crippen LogP contribution is 2.39. The van der Waals surface area contributed by atoms with Gasteiger partial charge in [-0.05, 0) is 31.0 Å². The SMILES string of the molecule is COc1cccc(C(=O)N2CCN(C(=O)C3(C)CCCC3)CC2)c1. The lowest BCUT2D eigenvalue weighted by Gasteiger charge is -2.38. The van der Waals surface area contributed by atoms with E-state index in [1.807, 2.05) is 28.0 Å². The van der Waals surface area contributed by atoms with Gasteiger partial charge in [-0.25, -0.2) is 0 Å². The molecule has 5 heteroatoms. The lowest BCUT2D eigenvalue weighted by Crippen LogP contribution is -2.53. The Labute approximate surface area is 143 Å². The Balaban J connectivity index is 1.60. The highest BCUT2D eigenvalue weighted by atomic mass is 16.5. The first-order valence-corrected chi connectivity index (χ1v) is 8.76. The van der Waals surface area contributed by atoms with Crippen LogP contribution in [0.15, 0.2) is 24.3 Å². The number of benzene rings is 1. The average Bonchev–Trinajstić information content (AvgIpc) is 3.08. The minimum absolute atomic E-state index is 0.00748. The minimum Gasteiger partial charge on any atom is -0.497 e. The Morgan fingerprint density at radius 2 is 1.67 bits per heavy atom. The van der Waals surface area contributed by atoms with Crippen LogP contribution < -0.4 is 4.74 Å². The summed E-state index contributed by atoms with van der Waals surface area (Å²) in [5, 5.41) is 0. The number of ether oxygens (including phenoxy) is 1. The van der Waals surface area contributed by atoms with Crippen LogP contribution in [0.25, 0.3) is 0 Å². The molecule has 0 unspecified atom stereocenters. The topological polar surface area (TPSA) is 49.9 Å². The first-order valence-electron chi connectivity index (χ1n) is 8.76. The summed E-state index contributed by atoms with van der Waals surface area (Å²) in [5.41, 5.74) is 0.454. The van der Waals surface area contributed by atoms with Gasteiger partial charge in [-0.3, -0.25) is 9.59 Å². The Hall–Kier alpha value is -2.04. The van der Waals surface area contributed by atoms with Crippen LogP contribution in [0, 0.1) is 5.41 Å². The van der Waals surface area contributed by atoms with Gasteiger partial charge in [0.15, 0.2) is 0 Å². The van der Waals surface area contributed by atoms with Crippen molar-refractivity contribution in [3.63, 3.8) is 0 Å². The number of carbonyl (C=O) groups excluding carboxylic acids is 2. The number of hydrogen-bond acceptors (Lipinski definition) is 3. The van der Waals surface area contributed by atoms with Crippen LogP contribution in [0.5, 0.6) is 5.75 Å². The lowest BCUT2D eigenvalue weighted by molar-refractivity contribution is -0.142. The first-order chi connectivity index (χ1) is 11.5. The zero-order valence-electron chi connectivity index (χ0n) is 14.6. The molecule has 0 spiro atoms. The van der Waals surface area contributed by atoms with Crippen LogP contribution in [-0.2, 0) is 4.79 Å². The van der Waals surface area contributed by atoms with Gasteiger partial charge < -0.3 is 14.5 Å². The molecule has 130 valence electrons. The third-order valence-electron chi connectivity index (χ3n) is 5.39. The van der Waals surface area contributed by atoms with Crippen LogP contribution in [0.1, 0.15) is 43.0 Å². The molecule has 0 aromatic heterocycles. The normalized spacial score (nSPS) is 20.1. The molecule has 0 atom stereocenters. The van der Waals surface area contributed by atoms with Gasteiger partial charge in [0.2, 0.25) is 5.91 Å². The fraction of sp³-hybridized carbons (Fsp3) is 0.579. The van der Waals surface area contributed by atoms with Crippen molar-refractivity contribution >= 4 is 11.8 Å². The zero-order chi connectivity index (χ0) is 17.2. The third kappa shape index (κ3) is 3.25. The Bertz CT molecular complexity index is 615. The summed E-state index contributed by atoms with van der Waals surface area (Å²) in [7, 11) is 1.59. The largest absolute Gasteiger partial charge is 0.497 e.